The van der Waals surface area contributed by atoms with Gasteiger partial charge in [-0.3, -0.25) is 19.3 Å². The van der Waals surface area contributed by atoms with E-state index < -0.39 is 42.1 Å². The van der Waals surface area contributed by atoms with Gasteiger partial charge in [0.1, 0.15) is 18.8 Å². The first-order valence-corrected chi connectivity index (χ1v) is 7.07. The Morgan fingerprint density at radius 3 is 2.08 bits per heavy atom. The van der Waals surface area contributed by atoms with E-state index in [1.165, 1.54) is 0 Å². The topological polar surface area (TPSA) is 165 Å². The van der Waals surface area contributed by atoms with Crippen LogP contribution >= 0.6 is 0 Å². The Morgan fingerprint density at radius 2 is 1.72 bits per heavy atom. The second-order valence-electron chi connectivity index (χ2n) is 5.59. The van der Waals surface area contributed by atoms with Crippen LogP contribution in [0.25, 0.3) is 0 Å². The first-order chi connectivity index (χ1) is 11.4. The number of amides is 4. The molecule has 11 nitrogen and oxygen atoms in total. The fourth-order valence-corrected chi connectivity index (χ4v) is 1.42. The quantitative estimate of drug-likeness (QED) is 0.339. The summed E-state index contributed by atoms with van der Waals surface area (Å²) in [4.78, 5) is 54.2. The lowest BCUT2D eigenvalue weighted by molar-refractivity contribution is -0.141. The third-order valence-corrected chi connectivity index (χ3v) is 2.26. The van der Waals surface area contributed by atoms with Gasteiger partial charge in [-0.25, -0.2) is 9.59 Å². The Kier molecular flexibility index (Phi) is 8.67. The van der Waals surface area contributed by atoms with Crippen LogP contribution in [-0.2, 0) is 23.9 Å². The molecule has 1 heterocycles. The molecule has 140 valence electrons. The second-order valence-corrected chi connectivity index (χ2v) is 5.59. The molecule has 1 rings (SSSR count). The van der Waals surface area contributed by atoms with Gasteiger partial charge in [0.2, 0.25) is 5.91 Å². The van der Waals surface area contributed by atoms with Crippen LogP contribution in [0.15, 0.2) is 12.2 Å². The Labute approximate surface area is 143 Å². The van der Waals surface area contributed by atoms with Crippen molar-refractivity contribution in [3.8, 4) is 0 Å². The van der Waals surface area contributed by atoms with Crippen molar-refractivity contribution in [2.75, 3.05) is 19.7 Å². The molecule has 0 unspecified atom stereocenters. The highest BCUT2D eigenvalue weighted by Gasteiger charge is 2.25. The van der Waals surface area contributed by atoms with Crippen molar-refractivity contribution in [1.29, 1.82) is 0 Å². The van der Waals surface area contributed by atoms with Gasteiger partial charge in [-0.2, -0.15) is 0 Å². The predicted octanol–water partition coefficient (Wildman–Crippen LogP) is -0.398. The van der Waals surface area contributed by atoms with Gasteiger partial charge < -0.3 is 25.6 Å². The number of rotatable bonds is 5. The molecule has 0 radical (unpaired) electrons. The highest BCUT2D eigenvalue weighted by atomic mass is 16.7. The van der Waals surface area contributed by atoms with Gasteiger partial charge in [0.25, 0.3) is 11.8 Å². The number of ether oxygens (including phenoxy) is 2. The van der Waals surface area contributed by atoms with Crippen molar-refractivity contribution in [3.63, 3.8) is 0 Å². The fraction of sp³-hybridized carbons (Fsp3) is 0.500. The molecule has 1 aliphatic rings. The van der Waals surface area contributed by atoms with Crippen LogP contribution in [0, 0.1) is 0 Å². The molecule has 0 aromatic carbocycles. The van der Waals surface area contributed by atoms with Gasteiger partial charge in [0.15, 0.2) is 0 Å². The van der Waals surface area contributed by atoms with Crippen molar-refractivity contribution < 1.29 is 38.6 Å². The largest absolute Gasteiger partial charge is 0.505 e. The van der Waals surface area contributed by atoms with E-state index in [0.717, 1.165) is 17.1 Å². The maximum atomic E-state index is 11.2. The van der Waals surface area contributed by atoms with Crippen molar-refractivity contribution in [2.24, 2.45) is 5.73 Å². The van der Waals surface area contributed by atoms with E-state index in [0.29, 0.717) is 0 Å². The van der Waals surface area contributed by atoms with Crippen molar-refractivity contribution in [3.05, 3.63) is 12.2 Å². The number of primary amides is 1. The van der Waals surface area contributed by atoms with E-state index in [4.69, 9.17) is 10.8 Å². The second kappa shape index (κ2) is 9.90. The van der Waals surface area contributed by atoms with Crippen LogP contribution in [0.3, 0.4) is 0 Å². The van der Waals surface area contributed by atoms with Crippen molar-refractivity contribution in [1.82, 2.24) is 10.2 Å². The Morgan fingerprint density at radius 1 is 1.20 bits per heavy atom. The number of carboxylic acid groups (broad SMARTS) is 1. The standard InChI is InChI=1S/C9H10N2O6.C5H11NO2/c12-6(10-3-4-17-9(15)16)5-11-7(13)1-2-8(11)14;1-5(2,3)8-4(6)7/h1-2H,3-5H2,(H,10,12)(H,15,16);1-3H3,(H2,6,7). The third kappa shape index (κ3) is 11.1. The normalized spacial score (nSPS) is 13.0. The number of carbonyl (C=O) groups is 5. The Bertz CT molecular complexity index is 547. The average molecular weight is 359 g/mol. The summed E-state index contributed by atoms with van der Waals surface area (Å²) in [6, 6.07) is 0. The minimum absolute atomic E-state index is 0.0191. The van der Waals surface area contributed by atoms with E-state index in [1.807, 2.05) is 0 Å². The number of hydrogen-bond acceptors (Lipinski definition) is 7. The molecule has 0 fully saturated rings. The van der Waals surface area contributed by atoms with Crippen LogP contribution in [0.5, 0.6) is 0 Å². The SMILES string of the molecule is CC(C)(C)OC(N)=O.O=C(CN1C(=O)C=CC1=O)NCCOC(=O)O. The lowest BCUT2D eigenvalue weighted by Crippen LogP contribution is -2.41. The number of nitrogens with zero attached hydrogens (tertiary/aromatic N) is 1. The fourth-order valence-electron chi connectivity index (χ4n) is 1.42. The molecule has 0 saturated heterocycles. The highest BCUT2D eigenvalue weighted by Crippen LogP contribution is 2.05. The van der Waals surface area contributed by atoms with Gasteiger partial charge in [0.05, 0.1) is 6.54 Å². The lowest BCUT2D eigenvalue weighted by Gasteiger charge is -2.16. The van der Waals surface area contributed by atoms with Crippen LogP contribution in [0.4, 0.5) is 9.59 Å². The molecule has 4 N–H and O–H groups in total. The van der Waals surface area contributed by atoms with E-state index in [1.54, 1.807) is 20.8 Å². The Balaban J connectivity index is 0.000000609. The molecule has 11 heteroatoms. The summed E-state index contributed by atoms with van der Waals surface area (Å²) >= 11 is 0. The van der Waals surface area contributed by atoms with Crippen LogP contribution in [0.2, 0.25) is 0 Å². The molecule has 0 aromatic rings. The maximum Gasteiger partial charge on any atom is 0.505 e. The zero-order chi connectivity index (χ0) is 19.6. The van der Waals surface area contributed by atoms with Crippen molar-refractivity contribution in [2.45, 2.75) is 26.4 Å². The smallest absolute Gasteiger partial charge is 0.450 e. The monoisotopic (exact) mass is 359 g/mol. The van der Waals surface area contributed by atoms with E-state index in [2.05, 4.69) is 14.8 Å². The molecule has 0 spiro atoms. The number of hydrogen-bond donors (Lipinski definition) is 3. The van der Waals surface area contributed by atoms with E-state index in [-0.39, 0.29) is 13.2 Å². The molecule has 4 amide bonds. The summed E-state index contributed by atoms with van der Waals surface area (Å²) in [5.41, 5.74) is 4.26. The maximum absolute atomic E-state index is 11.2. The highest BCUT2D eigenvalue weighted by molar-refractivity contribution is 6.14. The molecule has 1 aliphatic heterocycles. The van der Waals surface area contributed by atoms with Crippen LogP contribution in [0.1, 0.15) is 20.8 Å². The molecule has 0 saturated carbocycles. The minimum atomic E-state index is -1.44. The molecular weight excluding hydrogens is 338 g/mol. The minimum Gasteiger partial charge on any atom is -0.450 e. The summed E-state index contributed by atoms with van der Waals surface area (Å²) in [5, 5.41) is 10.4. The molecule has 0 aromatic heterocycles. The van der Waals surface area contributed by atoms with Gasteiger partial charge in [0, 0.05) is 12.2 Å². The molecular formula is C14H21N3O8. The average Bonchev–Trinajstić information content (AvgIpc) is 2.73. The summed E-state index contributed by atoms with van der Waals surface area (Å²) in [6.45, 7) is 4.68. The third-order valence-electron chi connectivity index (χ3n) is 2.26. The number of nitrogens with two attached hydrogens (primary N) is 1. The first kappa shape index (κ1) is 21.9. The van der Waals surface area contributed by atoms with Crippen molar-refractivity contribution >= 4 is 30.0 Å². The molecule has 0 atom stereocenters. The first-order valence-electron chi connectivity index (χ1n) is 7.07. The summed E-state index contributed by atoms with van der Waals surface area (Å²) in [5.74, 6) is -1.66. The molecule has 0 aliphatic carbocycles. The summed E-state index contributed by atoms with van der Waals surface area (Å²) in [6.07, 6.45) is -0.0161. The predicted molar refractivity (Wildman–Crippen MR) is 83.3 cm³/mol. The van der Waals surface area contributed by atoms with Crippen LogP contribution < -0.4 is 11.1 Å². The van der Waals surface area contributed by atoms with Gasteiger partial charge >= 0.3 is 12.2 Å². The zero-order valence-corrected chi connectivity index (χ0v) is 14.1. The van der Waals surface area contributed by atoms with E-state index >= 15 is 0 Å². The van der Waals surface area contributed by atoms with Gasteiger partial charge in [-0.1, -0.05) is 0 Å². The van der Waals surface area contributed by atoms with Gasteiger partial charge in [-0.15, -0.1) is 0 Å². The Hall–Kier alpha value is -3.11. The summed E-state index contributed by atoms with van der Waals surface area (Å²) in [7, 11) is 0. The van der Waals surface area contributed by atoms with Gasteiger partial charge in [-0.05, 0) is 20.8 Å². The lowest BCUT2D eigenvalue weighted by atomic mass is 10.2. The number of imide groups is 1. The van der Waals surface area contributed by atoms with Crippen LogP contribution in [-0.4, -0.2) is 65.3 Å². The molecule has 0 bridgehead atoms. The number of nitrogens with one attached hydrogen (secondary N) is 1. The van der Waals surface area contributed by atoms with E-state index in [9.17, 15) is 24.0 Å². The molecule has 25 heavy (non-hydrogen) atoms. The number of carbonyl (C=O) groups excluding carboxylic acids is 4. The zero-order valence-electron chi connectivity index (χ0n) is 14.1. The summed E-state index contributed by atoms with van der Waals surface area (Å²) < 4.78 is 8.72.